The zero-order chi connectivity index (χ0) is 21.3. The van der Waals surface area contributed by atoms with E-state index in [0.29, 0.717) is 21.6 Å². The Kier molecular flexibility index (Phi) is 6.32. The Morgan fingerprint density at radius 1 is 1.17 bits per heavy atom. The molecule has 2 aromatic rings. The van der Waals surface area contributed by atoms with Crippen LogP contribution < -0.4 is 9.64 Å². The Bertz CT molecular complexity index is 1050. The van der Waals surface area contributed by atoms with E-state index >= 15 is 0 Å². The predicted octanol–water partition coefficient (Wildman–Crippen LogP) is 6.12. The Balaban J connectivity index is 1.71. The maximum Gasteiger partial charge on any atom is 0.269 e. The number of fused-ring (bicyclic) bond motifs is 1. The van der Waals surface area contributed by atoms with E-state index in [9.17, 15) is 4.79 Å². The number of anilines is 1. The van der Waals surface area contributed by atoms with Gasteiger partial charge < -0.3 is 9.64 Å². The number of nitrogens with zero attached hydrogens (tertiary/aromatic N) is 3. The van der Waals surface area contributed by atoms with Gasteiger partial charge in [-0.25, -0.2) is 4.99 Å². The number of hydrogen-bond acceptors (Lipinski definition) is 6. The van der Waals surface area contributed by atoms with Crippen molar-refractivity contribution in [2.24, 2.45) is 4.99 Å². The van der Waals surface area contributed by atoms with Crippen LogP contribution in [0.5, 0.6) is 5.75 Å². The number of hydrogen-bond donors (Lipinski definition) is 0. The minimum atomic E-state index is 0.00310. The Labute approximate surface area is 190 Å². The zero-order valence-electron chi connectivity index (χ0n) is 17.0. The first kappa shape index (κ1) is 21.2. The highest BCUT2D eigenvalue weighted by Gasteiger charge is 2.39. The van der Waals surface area contributed by atoms with E-state index in [-0.39, 0.29) is 5.91 Å². The van der Waals surface area contributed by atoms with E-state index in [1.807, 2.05) is 43.4 Å². The first-order chi connectivity index (χ1) is 14.5. The van der Waals surface area contributed by atoms with Gasteiger partial charge in [0.05, 0.1) is 23.5 Å². The molecule has 2 aromatic carbocycles. The van der Waals surface area contributed by atoms with Gasteiger partial charge in [0.1, 0.15) is 10.7 Å². The first-order valence-electron chi connectivity index (χ1n) is 9.69. The first-order valence-corrected chi connectivity index (χ1v) is 11.7. The molecule has 0 spiro atoms. The fourth-order valence-electron chi connectivity index (χ4n) is 3.24. The summed E-state index contributed by atoms with van der Waals surface area (Å²) in [6, 6.07) is 13.3. The highest BCUT2D eigenvalue weighted by Crippen LogP contribution is 2.51. The van der Waals surface area contributed by atoms with Crippen molar-refractivity contribution in [3.8, 4) is 5.75 Å². The number of carbonyl (C=O) groups excluding carboxylic acids is 1. The fourth-order valence-corrected chi connectivity index (χ4v) is 5.77. The van der Waals surface area contributed by atoms with Crippen molar-refractivity contribution in [3.05, 3.63) is 57.4 Å². The number of rotatable bonds is 5. The molecular formula is C22H22ClN3O2S2. The molecule has 2 aliphatic heterocycles. The van der Waals surface area contributed by atoms with Crippen molar-refractivity contribution in [1.82, 2.24) is 4.90 Å². The van der Waals surface area contributed by atoms with Gasteiger partial charge in [0, 0.05) is 29.6 Å². The Hall–Kier alpha value is -2.09. The molecule has 4 rings (SSSR count). The molecule has 2 heterocycles. The molecule has 0 bridgehead atoms. The summed E-state index contributed by atoms with van der Waals surface area (Å²) in [5.41, 5.74) is 1.78. The van der Waals surface area contributed by atoms with Gasteiger partial charge in [-0.3, -0.25) is 9.69 Å². The van der Waals surface area contributed by atoms with Crippen molar-refractivity contribution in [1.29, 1.82) is 0 Å². The summed E-state index contributed by atoms with van der Waals surface area (Å²) in [5.74, 6) is 0.800. The number of ether oxygens (including phenoxy) is 1. The van der Waals surface area contributed by atoms with E-state index in [0.717, 1.165) is 39.9 Å². The van der Waals surface area contributed by atoms with E-state index in [1.54, 1.807) is 29.8 Å². The van der Waals surface area contributed by atoms with Crippen LogP contribution in [0.3, 0.4) is 0 Å². The summed E-state index contributed by atoms with van der Waals surface area (Å²) < 4.78 is 5.36. The fraction of sp³-hybridized carbons (Fsp3) is 0.273. The van der Waals surface area contributed by atoms with Crippen LogP contribution in [0, 0.1) is 0 Å². The van der Waals surface area contributed by atoms with Crippen LogP contribution in [0.15, 0.2) is 62.3 Å². The number of halogens is 1. The average molecular weight is 460 g/mol. The largest absolute Gasteiger partial charge is 0.497 e. The molecule has 0 radical (unpaired) electrons. The molecule has 30 heavy (non-hydrogen) atoms. The summed E-state index contributed by atoms with van der Waals surface area (Å²) in [5, 5.41) is 2.24. The molecular weight excluding hydrogens is 438 g/mol. The van der Waals surface area contributed by atoms with Crippen molar-refractivity contribution in [3.63, 3.8) is 0 Å². The third-order valence-corrected chi connectivity index (χ3v) is 7.53. The predicted molar refractivity (Wildman–Crippen MR) is 127 cm³/mol. The third-order valence-electron chi connectivity index (χ3n) is 4.86. The van der Waals surface area contributed by atoms with Crippen LogP contribution in [0.1, 0.15) is 19.8 Å². The van der Waals surface area contributed by atoms with E-state index < -0.39 is 0 Å². The monoisotopic (exact) mass is 459 g/mol. The minimum Gasteiger partial charge on any atom is -0.497 e. The molecule has 2 aliphatic rings. The maximum atomic E-state index is 13.4. The van der Waals surface area contributed by atoms with Crippen LogP contribution in [-0.4, -0.2) is 36.7 Å². The standard InChI is InChI=1S/C22H22ClN3O2S2/c1-4-5-11-26-20(27)19(30-22(26)24-15-8-6-7-14(23)12-15)21-25(2)17-13-16(28-3)9-10-18(17)29-21/h6-10,12-13H,4-5,11H2,1-3H3/b21-19-,24-22?. The second kappa shape index (κ2) is 8.96. The summed E-state index contributed by atoms with van der Waals surface area (Å²) in [6.45, 7) is 2.76. The smallest absolute Gasteiger partial charge is 0.269 e. The van der Waals surface area contributed by atoms with E-state index in [1.165, 1.54) is 11.8 Å². The summed E-state index contributed by atoms with van der Waals surface area (Å²) >= 11 is 9.16. The second-order valence-electron chi connectivity index (χ2n) is 6.92. The number of aliphatic imine (C=N–C) groups is 1. The van der Waals surface area contributed by atoms with Crippen LogP contribution >= 0.6 is 35.1 Å². The molecule has 1 amide bonds. The van der Waals surface area contributed by atoms with Crippen molar-refractivity contribution in [2.75, 3.05) is 25.6 Å². The summed E-state index contributed by atoms with van der Waals surface area (Å²) in [6.07, 6.45) is 1.93. The van der Waals surface area contributed by atoms with E-state index in [4.69, 9.17) is 21.3 Å². The Morgan fingerprint density at radius 3 is 2.73 bits per heavy atom. The normalized spacial score (nSPS) is 19.7. The maximum absolute atomic E-state index is 13.4. The number of benzene rings is 2. The molecule has 5 nitrogen and oxygen atoms in total. The van der Waals surface area contributed by atoms with Crippen molar-refractivity contribution in [2.45, 2.75) is 24.7 Å². The SMILES string of the molecule is CCCCN1C(=O)/C(=C2/Sc3ccc(OC)cc3N2C)SC1=Nc1cccc(Cl)c1. The molecule has 0 N–H and O–H groups in total. The average Bonchev–Trinajstić information content (AvgIpc) is 3.22. The molecule has 156 valence electrons. The molecule has 0 aliphatic carbocycles. The lowest BCUT2D eigenvalue weighted by Crippen LogP contribution is -2.30. The number of unbranched alkanes of at least 4 members (excludes halogenated alkanes) is 1. The number of carbonyl (C=O) groups is 1. The molecule has 1 fully saturated rings. The quantitative estimate of drug-likeness (QED) is 0.504. The zero-order valence-corrected chi connectivity index (χ0v) is 19.4. The minimum absolute atomic E-state index is 0.00310. The van der Waals surface area contributed by atoms with Gasteiger partial charge in [-0.2, -0.15) is 0 Å². The van der Waals surface area contributed by atoms with Crippen molar-refractivity contribution < 1.29 is 9.53 Å². The van der Waals surface area contributed by atoms with Gasteiger partial charge >= 0.3 is 0 Å². The summed E-state index contributed by atoms with van der Waals surface area (Å²) in [4.78, 5) is 23.8. The third kappa shape index (κ3) is 4.06. The summed E-state index contributed by atoms with van der Waals surface area (Å²) in [7, 11) is 3.64. The molecule has 0 unspecified atom stereocenters. The van der Waals surface area contributed by atoms with Gasteiger partial charge in [-0.05, 0) is 48.5 Å². The Morgan fingerprint density at radius 2 is 2.00 bits per heavy atom. The highest BCUT2D eigenvalue weighted by atomic mass is 35.5. The molecule has 8 heteroatoms. The lowest BCUT2D eigenvalue weighted by Gasteiger charge is -2.16. The number of amides is 1. The van der Waals surface area contributed by atoms with Crippen LogP contribution in [0.2, 0.25) is 5.02 Å². The van der Waals surface area contributed by atoms with Crippen LogP contribution in [0.4, 0.5) is 11.4 Å². The second-order valence-corrected chi connectivity index (χ2v) is 9.36. The number of methoxy groups -OCH3 is 1. The van der Waals surface area contributed by atoms with Crippen LogP contribution in [0.25, 0.3) is 0 Å². The molecule has 0 aromatic heterocycles. The van der Waals surface area contributed by atoms with Gasteiger partial charge in [0.15, 0.2) is 5.17 Å². The van der Waals surface area contributed by atoms with Crippen molar-refractivity contribution >= 4 is 57.6 Å². The van der Waals surface area contributed by atoms with Gasteiger partial charge in [0.25, 0.3) is 5.91 Å². The van der Waals surface area contributed by atoms with Gasteiger partial charge in [-0.15, -0.1) is 0 Å². The van der Waals surface area contributed by atoms with E-state index in [2.05, 4.69) is 11.8 Å². The topological polar surface area (TPSA) is 45.1 Å². The van der Waals surface area contributed by atoms with Gasteiger partial charge in [0.2, 0.25) is 0 Å². The molecule has 0 atom stereocenters. The highest BCUT2D eigenvalue weighted by molar-refractivity contribution is 8.19. The lowest BCUT2D eigenvalue weighted by atomic mass is 10.3. The molecule has 0 saturated carbocycles. The molecule has 1 saturated heterocycles. The van der Waals surface area contributed by atoms with Crippen LogP contribution in [-0.2, 0) is 4.79 Å². The number of thioether (sulfide) groups is 2. The van der Waals surface area contributed by atoms with Gasteiger partial charge in [-0.1, -0.05) is 42.8 Å². The number of amidine groups is 1. The lowest BCUT2D eigenvalue weighted by molar-refractivity contribution is -0.122.